The molecule has 0 amide bonds. The van der Waals surface area contributed by atoms with Gasteiger partial charge in [-0.2, -0.15) is 5.10 Å². The first kappa shape index (κ1) is 8.67. The maximum atomic E-state index is 4.46. The van der Waals surface area contributed by atoms with Crippen LogP contribution < -0.4 is 0 Å². The van der Waals surface area contributed by atoms with E-state index in [2.05, 4.69) is 31.0 Å². The molecule has 3 rings (SSSR count). The fourth-order valence-corrected chi connectivity index (χ4v) is 1.85. The normalized spacial score (nSPS) is 11.0. The van der Waals surface area contributed by atoms with Crippen molar-refractivity contribution in [1.82, 2.24) is 19.6 Å². The number of nitrogens with zero attached hydrogens (tertiary/aromatic N) is 3. The quantitative estimate of drug-likeness (QED) is 0.733. The van der Waals surface area contributed by atoms with Gasteiger partial charge in [0, 0.05) is 18.0 Å². The number of H-pyrrole nitrogens is 1. The Balaban J connectivity index is 2.25. The summed E-state index contributed by atoms with van der Waals surface area (Å²) >= 11 is 3.39. The molecule has 0 fully saturated rings. The predicted octanol–water partition coefficient (Wildman–Crippen LogP) is 2.49. The Morgan fingerprint density at radius 3 is 3.00 bits per heavy atom. The van der Waals surface area contributed by atoms with Crippen molar-refractivity contribution in [3.8, 4) is 11.3 Å². The molecule has 4 nitrogen and oxygen atoms in total. The molecule has 3 aromatic heterocycles. The molecule has 0 saturated heterocycles. The molecule has 0 radical (unpaired) electrons. The number of rotatable bonds is 1. The van der Waals surface area contributed by atoms with Gasteiger partial charge in [0.1, 0.15) is 4.60 Å². The van der Waals surface area contributed by atoms with Crippen molar-refractivity contribution in [3.05, 3.63) is 41.4 Å². The number of hydrogen-bond donors (Lipinski definition) is 1. The second-order valence-corrected chi connectivity index (χ2v) is 3.98. The summed E-state index contributed by atoms with van der Waals surface area (Å²) in [6.07, 6.45) is 5.53. The third-order valence-electron chi connectivity index (χ3n) is 2.21. The van der Waals surface area contributed by atoms with E-state index in [9.17, 15) is 0 Å². The summed E-state index contributed by atoms with van der Waals surface area (Å²) in [5, 5.41) is 4.46. The second-order valence-electron chi connectivity index (χ2n) is 3.17. The van der Waals surface area contributed by atoms with Gasteiger partial charge in [0.2, 0.25) is 0 Å². The zero-order chi connectivity index (χ0) is 10.3. The van der Waals surface area contributed by atoms with Crippen LogP contribution in [0.4, 0.5) is 0 Å². The summed E-state index contributed by atoms with van der Waals surface area (Å²) in [7, 11) is 0. The van der Waals surface area contributed by atoms with Gasteiger partial charge in [0.25, 0.3) is 0 Å². The van der Waals surface area contributed by atoms with Crippen molar-refractivity contribution >= 4 is 21.6 Å². The Morgan fingerprint density at radius 1 is 1.27 bits per heavy atom. The Hall–Kier alpha value is -1.62. The Morgan fingerprint density at radius 2 is 2.20 bits per heavy atom. The molecule has 3 heterocycles. The van der Waals surface area contributed by atoms with Crippen molar-refractivity contribution in [2.45, 2.75) is 0 Å². The molecular weight excluding hydrogens is 256 g/mol. The number of nitrogens with one attached hydrogen (secondary N) is 1. The maximum Gasteiger partial charge on any atom is 0.154 e. The number of hydrogen-bond acceptors (Lipinski definition) is 2. The van der Waals surface area contributed by atoms with Crippen LogP contribution in [0.2, 0.25) is 0 Å². The molecule has 3 aromatic rings. The minimum Gasteiger partial charge on any atom is -0.367 e. The van der Waals surface area contributed by atoms with E-state index < -0.39 is 0 Å². The summed E-state index contributed by atoms with van der Waals surface area (Å²) in [5.74, 6) is 0. The first-order valence-electron chi connectivity index (χ1n) is 4.48. The molecule has 0 atom stereocenters. The smallest absolute Gasteiger partial charge is 0.154 e. The minimum atomic E-state index is 0.834. The summed E-state index contributed by atoms with van der Waals surface area (Å²) in [6, 6.07) is 5.89. The molecule has 0 bridgehead atoms. The minimum absolute atomic E-state index is 0.834. The van der Waals surface area contributed by atoms with Crippen LogP contribution in [0.5, 0.6) is 0 Å². The fraction of sp³-hybridized carbons (Fsp3) is 0. The van der Waals surface area contributed by atoms with Crippen molar-refractivity contribution in [2.75, 3.05) is 0 Å². The molecule has 0 spiro atoms. The van der Waals surface area contributed by atoms with Crippen molar-refractivity contribution in [2.24, 2.45) is 0 Å². The lowest BCUT2D eigenvalue weighted by Gasteiger charge is -1.98. The first-order chi connectivity index (χ1) is 7.34. The van der Waals surface area contributed by atoms with Gasteiger partial charge in [0.15, 0.2) is 5.65 Å². The van der Waals surface area contributed by atoms with Crippen LogP contribution in [0.15, 0.2) is 41.4 Å². The first-order valence-corrected chi connectivity index (χ1v) is 5.27. The molecule has 0 aliphatic rings. The highest BCUT2D eigenvalue weighted by Gasteiger charge is 2.04. The van der Waals surface area contributed by atoms with Gasteiger partial charge >= 0.3 is 0 Å². The molecule has 0 aliphatic heterocycles. The van der Waals surface area contributed by atoms with Gasteiger partial charge < -0.3 is 4.98 Å². The van der Waals surface area contributed by atoms with Crippen LogP contribution in [0.1, 0.15) is 0 Å². The zero-order valence-corrected chi connectivity index (χ0v) is 9.27. The van der Waals surface area contributed by atoms with E-state index in [4.69, 9.17) is 0 Å². The lowest BCUT2D eigenvalue weighted by Crippen LogP contribution is -1.93. The van der Waals surface area contributed by atoms with Crippen LogP contribution in [0.3, 0.4) is 0 Å². The predicted molar refractivity (Wildman–Crippen MR) is 60.5 cm³/mol. The average molecular weight is 263 g/mol. The van der Waals surface area contributed by atoms with Gasteiger partial charge in [-0.15, -0.1) is 0 Å². The van der Waals surface area contributed by atoms with E-state index in [1.54, 1.807) is 10.7 Å². The number of aromatic nitrogens is 4. The molecule has 0 aromatic carbocycles. The summed E-state index contributed by atoms with van der Waals surface area (Å²) in [6.45, 7) is 0. The van der Waals surface area contributed by atoms with Gasteiger partial charge in [0.05, 0.1) is 11.9 Å². The SMILES string of the molecule is Brc1cnc2ccc(-c3cc[nH]c3)nn12. The highest BCUT2D eigenvalue weighted by atomic mass is 79.9. The van der Waals surface area contributed by atoms with Gasteiger partial charge in [-0.25, -0.2) is 9.50 Å². The Labute approximate surface area is 94.1 Å². The van der Waals surface area contributed by atoms with Gasteiger partial charge in [-0.1, -0.05) is 0 Å². The summed E-state index contributed by atoms with van der Waals surface area (Å²) < 4.78 is 2.62. The molecule has 0 unspecified atom stereocenters. The molecule has 5 heteroatoms. The van der Waals surface area contributed by atoms with Gasteiger partial charge in [-0.05, 0) is 34.1 Å². The Kier molecular flexibility index (Phi) is 1.85. The Bertz CT molecular complexity index is 597. The van der Waals surface area contributed by atoms with Crippen LogP contribution in [0.25, 0.3) is 16.9 Å². The van der Waals surface area contributed by atoms with Gasteiger partial charge in [-0.3, -0.25) is 0 Å². The topological polar surface area (TPSA) is 46.0 Å². The largest absolute Gasteiger partial charge is 0.367 e. The van der Waals surface area contributed by atoms with E-state index in [1.807, 2.05) is 30.6 Å². The lowest BCUT2D eigenvalue weighted by atomic mass is 10.2. The van der Waals surface area contributed by atoms with E-state index >= 15 is 0 Å². The zero-order valence-electron chi connectivity index (χ0n) is 7.68. The number of halogens is 1. The van der Waals surface area contributed by atoms with Crippen LogP contribution in [-0.4, -0.2) is 19.6 Å². The van der Waals surface area contributed by atoms with Crippen LogP contribution >= 0.6 is 15.9 Å². The van der Waals surface area contributed by atoms with E-state index in [-0.39, 0.29) is 0 Å². The lowest BCUT2D eigenvalue weighted by molar-refractivity contribution is 0.922. The van der Waals surface area contributed by atoms with E-state index in [0.717, 1.165) is 21.5 Å². The second kappa shape index (κ2) is 3.20. The summed E-state index contributed by atoms with van der Waals surface area (Å²) in [4.78, 5) is 7.19. The van der Waals surface area contributed by atoms with E-state index in [1.165, 1.54) is 0 Å². The van der Waals surface area contributed by atoms with Crippen molar-refractivity contribution in [1.29, 1.82) is 0 Å². The molecule has 74 valence electrons. The fourth-order valence-electron chi connectivity index (χ4n) is 1.48. The molecule has 1 N–H and O–H groups in total. The molecule has 0 aliphatic carbocycles. The number of aromatic amines is 1. The summed E-state index contributed by atoms with van der Waals surface area (Å²) in [5.41, 5.74) is 2.82. The average Bonchev–Trinajstić information content (AvgIpc) is 2.88. The van der Waals surface area contributed by atoms with Crippen molar-refractivity contribution < 1.29 is 0 Å². The molecule has 15 heavy (non-hydrogen) atoms. The van der Waals surface area contributed by atoms with Crippen LogP contribution in [-0.2, 0) is 0 Å². The third kappa shape index (κ3) is 1.35. The standard InChI is InChI=1S/C10H7BrN4/c11-9-6-13-10-2-1-8(14-15(9)10)7-3-4-12-5-7/h1-6,12H. The number of imidazole rings is 1. The highest BCUT2D eigenvalue weighted by molar-refractivity contribution is 9.10. The maximum absolute atomic E-state index is 4.46. The third-order valence-corrected chi connectivity index (χ3v) is 2.76. The molecular formula is C10H7BrN4. The monoisotopic (exact) mass is 262 g/mol. The highest BCUT2D eigenvalue weighted by Crippen LogP contribution is 2.18. The molecule has 0 saturated carbocycles. The van der Waals surface area contributed by atoms with E-state index in [0.29, 0.717) is 0 Å². The van der Waals surface area contributed by atoms with Crippen molar-refractivity contribution in [3.63, 3.8) is 0 Å². The van der Waals surface area contributed by atoms with Crippen LogP contribution in [0, 0.1) is 0 Å². The number of fused-ring (bicyclic) bond motifs is 1.